The van der Waals surface area contributed by atoms with E-state index in [2.05, 4.69) is 244 Å². The highest BCUT2D eigenvalue weighted by atomic mass is 16.5. The van der Waals surface area contributed by atoms with E-state index in [0.717, 1.165) is 17.1 Å². The predicted octanol–water partition coefficient (Wildman–Crippen LogP) is 21.0. The maximum absolute atomic E-state index is 6.92. The summed E-state index contributed by atoms with van der Waals surface area (Å²) in [5, 5.41) is 34.2. The standard InChI is InChI=1S/C77H44O/c1-77(2)64-24-11-12-26-66(64)78-76-55(23-14-25-65(76)77)45-27-28-52-61-40-63-62(39-60(61)47-22-13-21-46(45)69(47)52)67(41-15-5-3-6-16-41)74-56-35-33-50-48-29-31-53-58-37-43-19-9-10-20-44(43)38-59(58)54-32-30-49(70(48)72(53)54)51-34-36-57(73(56)71(50)51)75(74)68(63)42-17-7-4-8-18-42/h3-40H,1-2H3. The van der Waals surface area contributed by atoms with Crippen LogP contribution in [0.1, 0.15) is 25.0 Å². The van der Waals surface area contributed by atoms with Gasteiger partial charge in [0.05, 0.1) is 0 Å². The van der Waals surface area contributed by atoms with E-state index >= 15 is 0 Å². The third-order valence-corrected chi connectivity index (χ3v) is 18.8. The molecule has 358 valence electrons. The van der Waals surface area contributed by atoms with Crippen LogP contribution in [0.25, 0.3) is 152 Å². The van der Waals surface area contributed by atoms with Gasteiger partial charge in [-0.3, -0.25) is 0 Å². The summed E-state index contributed by atoms with van der Waals surface area (Å²) in [5.74, 6) is 1.88. The van der Waals surface area contributed by atoms with Crippen LogP contribution in [0, 0.1) is 20.9 Å². The molecule has 0 saturated heterocycles. The molecule has 0 unspecified atom stereocenters. The third-order valence-electron chi connectivity index (χ3n) is 18.8. The molecule has 0 radical (unpaired) electrons. The Bertz CT molecular complexity index is 5520. The van der Waals surface area contributed by atoms with Gasteiger partial charge in [0.25, 0.3) is 0 Å². The summed E-state index contributed by atoms with van der Waals surface area (Å²) in [6, 6.07) is 87.6. The minimum Gasteiger partial charge on any atom is -0.456 e. The summed E-state index contributed by atoms with van der Waals surface area (Å²) in [5.41, 5.74) is 9.57. The molecule has 17 aromatic rings. The maximum atomic E-state index is 6.92. The lowest BCUT2D eigenvalue weighted by Crippen LogP contribution is -2.24. The molecule has 0 bridgehead atoms. The zero-order valence-electron chi connectivity index (χ0n) is 42.8. The quantitative estimate of drug-likeness (QED) is 0.127. The Labute approximate surface area is 447 Å². The summed E-state index contributed by atoms with van der Waals surface area (Å²) >= 11 is 0. The SMILES string of the molecule is CC1(C)c2ccccc2Oc2c(-c3ccc4c5cc6c(-c7ccccc7)c7c8ccc9c%10ccc%11c%12c(ccc(c%13ccc(c7c(-c7ccccc7)c6cc5c5cccc3c54)c8c%139)c%12%10)=c3cc4ccccc4cc3=%11)cccc21. The first-order chi connectivity index (χ1) is 38.5. The molecule has 0 N–H and O–H groups in total. The van der Waals surface area contributed by atoms with Gasteiger partial charge in [-0.1, -0.05) is 214 Å². The van der Waals surface area contributed by atoms with Crippen molar-refractivity contribution in [2.45, 2.75) is 19.3 Å². The fourth-order valence-electron chi connectivity index (χ4n) is 15.5. The molecular formula is C77H44O. The lowest BCUT2D eigenvalue weighted by molar-refractivity contribution is 0.419. The number of hydrogen-bond donors (Lipinski definition) is 0. The fourth-order valence-corrected chi connectivity index (χ4v) is 15.5. The van der Waals surface area contributed by atoms with E-state index in [1.807, 2.05) is 0 Å². The molecule has 0 amide bonds. The van der Waals surface area contributed by atoms with Crippen molar-refractivity contribution in [2.24, 2.45) is 0 Å². The highest BCUT2D eigenvalue weighted by Gasteiger charge is 2.36. The summed E-state index contributed by atoms with van der Waals surface area (Å²) in [4.78, 5) is 0. The van der Waals surface area contributed by atoms with Crippen LogP contribution in [0.2, 0.25) is 0 Å². The van der Waals surface area contributed by atoms with E-state index in [-0.39, 0.29) is 5.41 Å². The Morgan fingerprint density at radius 3 is 1.36 bits per heavy atom. The Kier molecular flexibility index (Phi) is 7.62. The van der Waals surface area contributed by atoms with Gasteiger partial charge in [0.2, 0.25) is 0 Å². The van der Waals surface area contributed by atoms with E-state index in [9.17, 15) is 0 Å². The fraction of sp³-hybridized carbons (Fsp3) is 0.0390. The second kappa shape index (κ2) is 14.4. The lowest BCUT2D eigenvalue weighted by Gasteiger charge is -2.35. The largest absolute Gasteiger partial charge is 0.456 e. The van der Waals surface area contributed by atoms with Crippen LogP contribution in [-0.2, 0) is 5.41 Å². The van der Waals surface area contributed by atoms with Crippen LogP contribution in [0.5, 0.6) is 11.5 Å². The molecular weight excluding hydrogens is 941 g/mol. The van der Waals surface area contributed by atoms with Gasteiger partial charge in [-0.2, -0.15) is 0 Å². The predicted molar refractivity (Wildman–Crippen MR) is 329 cm³/mol. The number of hydrogen-bond acceptors (Lipinski definition) is 1. The molecule has 0 fully saturated rings. The molecule has 0 atom stereocenters. The monoisotopic (exact) mass is 984 g/mol. The third kappa shape index (κ3) is 5.00. The van der Waals surface area contributed by atoms with Crippen LogP contribution >= 0.6 is 0 Å². The van der Waals surface area contributed by atoms with Crippen molar-refractivity contribution in [3.8, 4) is 44.9 Å². The summed E-state index contributed by atoms with van der Waals surface area (Å²) in [6.45, 7) is 4.65. The van der Waals surface area contributed by atoms with Crippen molar-refractivity contribution < 1.29 is 4.74 Å². The zero-order valence-corrected chi connectivity index (χ0v) is 42.8. The molecule has 2 aliphatic rings. The average Bonchev–Trinajstić information content (AvgIpc) is 4.09. The van der Waals surface area contributed by atoms with Gasteiger partial charge in [0.15, 0.2) is 0 Å². The van der Waals surface area contributed by atoms with Gasteiger partial charge in [0.1, 0.15) is 11.5 Å². The van der Waals surface area contributed by atoms with Gasteiger partial charge in [-0.15, -0.1) is 0 Å². The summed E-state index contributed by atoms with van der Waals surface area (Å²) < 4.78 is 6.92. The molecule has 0 saturated carbocycles. The van der Waals surface area contributed by atoms with Crippen LogP contribution in [0.3, 0.4) is 0 Å². The number of ether oxygens (including phenoxy) is 1. The first-order valence-electron chi connectivity index (χ1n) is 27.5. The lowest BCUT2D eigenvalue weighted by atomic mass is 9.74. The Hall–Kier alpha value is -9.82. The van der Waals surface area contributed by atoms with E-state index in [1.54, 1.807) is 0 Å². The highest BCUT2D eigenvalue weighted by Crippen LogP contribution is 2.57. The maximum Gasteiger partial charge on any atom is 0.139 e. The highest BCUT2D eigenvalue weighted by molar-refractivity contribution is 6.47. The second-order valence-electron chi connectivity index (χ2n) is 22.9. The molecule has 1 aliphatic heterocycles. The van der Waals surface area contributed by atoms with Gasteiger partial charge >= 0.3 is 0 Å². The van der Waals surface area contributed by atoms with E-state index < -0.39 is 0 Å². The summed E-state index contributed by atoms with van der Waals surface area (Å²) in [7, 11) is 0. The molecule has 0 spiro atoms. The first-order valence-corrected chi connectivity index (χ1v) is 27.5. The van der Waals surface area contributed by atoms with Crippen molar-refractivity contribution in [1.82, 2.24) is 0 Å². The molecule has 1 nitrogen and oxygen atoms in total. The van der Waals surface area contributed by atoms with Crippen LogP contribution in [-0.4, -0.2) is 0 Å². The molecule has 17 aromatic carbocycles. The summed E-state index contributed by atoms with van der Waals surface area (Å²) in [6.07, 6.45) is 0. The van der Waals surface area contributed by atoms with Gasteiger partial charge in [-0.25, -0.2) is 0 Å². The van der Waals surface area contributed by atoms with Crippen molar-refractivity contribution in [3.05, 3.63) is 263 Å². The van der Waals surface area contributed by atoms with Gasteiger partial charge in [-0.05, 0) is 198 Å². The van der Waals surface area contributed by atoms with Crippen LogP contribution in [0.4, 0.5) is 0 Å². The van der Waals surface area contributed by atoms with Crippen molar-refractivity contribution in [2.75, 3.05) is 0 Å². The molecule has 1 heterocycles. The molecule has 0 aromatic heterocycles. The smallest absolute Gasteiger partial charge is 0.139 e. The van der Waals surface area contributed by atoms with Gasteiger partial charge in [0, 0.05) is 22.1 Å². The van der Waals surface area contributed by atoms with E-state index in [0.29, 0.717) is 0 Å². The molecule has 1 aliphatic carbocycles. The van der Waals surface area contributed by atoms with E-state index in [4.69, 9.17) is 4.74 Å². The molecule has 1 heteroatoms. The average molecular weight is 985 g/mol. The first kappa shape index (κ1) is 41.4. The zero-order chi connectivity index (χ0) is 50.9. The number of rotatable bonds is 3. The number of benzene rings is 15. The van der Waals surface area contributed by atoms with Gasteiger partial charge < -0.3 is 4.74 Å². The molecule has 19 rings (SSSR count). The van der Waals surface area contributed by atoms with Crippen LogP contribution in [0.15, 0.2) is 231 Å². The minimum absolute atomic E-state index is 0.213. The second-order valence-corrected chi connectivity index (χ2v) is 22.9. The molecule has 78 heavy (non-hydrogen) atoms. The Morgan fingerprint density at radius 2 is 0.731 bits per heavy atom. The normalized spacial score (nSPS) is 13.7. The minimum atomic E-state index is -0.213. The van der Waals surface area contributed by atoms with Crippen molar-refractivity contribution >= 4 is 118 Å². The van der Waals surface area contributed by atoms with Crippen LogP contribution < -0.4 is 4.74 Å². The topological polar surface area (TPSA) is 9.23 Å². The number of fused-ring (bicyclic) bond motifs is 13. The number of para-hydroxylation sites is 2. The van der Waals surface area contributed by atoms with Crippen molar-refractivity contribution in [1.29, 1.82) is 0 Å². The Balaban J connectivity index is 0.933. The Morgan fingerprint density at radius 1 is 0.269 bits per heavy atom. The van der Waals surface area contributed by atoms with E-state index in [1.165, 1.54) is 178 Å². The van der Waals surface area contributed by atoms with Crippen molar-refractivity contribution in [3.63, 3.8) is 0 Å².